The van der Waals surface area contributed by atoms with Gasteiger partial charge in [-0.3, -0.25) is 4.79 Å². The summed E-state index contributed by atoms with van der Waals surface area (Å²) in [6.07, 6.45) is 0. The molecule has 1 atom stereocenters. The fraction of sp³-hybridized carbons (Fsp3) is 0.100. The molecular formula is C10H6Cl2N2O2. The van der Waals surface area contributed by atoms with Crippen molar-refractivity contribution in [2.24, 2.45) is 10.2 Å². The van der Waals surface area contributed by atoms with Gasteiger partial charge in [0.15, 0.2) is 5.16 Å². The summed E-state index contributed by atoms with van der Waals surface area (Å²) in [6.45, 7) is 0.268. The van der Waals surface area contributed by atoms with Gasteiger partial charge in [0.1, 0.15) is 5.03 Å². The first-order valence-electron chi connectivity index (χ1n) is 4.36. The first-order chi connectivity index (χ1) is 7.70. The Labute approximate surface area is 102 Å². The highest BCUT2D eigenvalue weighted by Gasteiger charge is 2.44. The smallest absolute Gasteiger partial charge is 0.295 e. The van der Waals surface area contributed by atoms with E-state index in [0.717, 1.165) is 0 Å². The number of halogens is 2. The molecule has 1 unspecified atom stereocenters. The molecule has 6 heteroatoms. The Morgan fingerprint density at radius 1 is 1.25 bits per heavy atom. The second-order valence-electron chi connectivity index (χ2n) is 3.03. The standard InChI is InChI=1S/C10H6Cl2N2O2/c11-8-9(12)13-14-10(8,16-6-15)7-4-2-1-3-5-7/h1-6H. The normalized spacial score (nSPS) is 23.6. The molecule has 4 nitrogen and oxygen atoms in total. The number of hydrogen-bond acceptors (Lipinski definition) is 4. The molecule has 0 fully saturated rings. The number of ether oxygens (including phenoxy) is 1. The minimum absolute atomic E-state index is 0.0207. The van der Waals surface area contributed by atoms with E-state index in [0.29, 0.717) is 5.56 Å². The molecule has 0 saturated heterocycles. The molecule has 0 aromatic heterocycles. The van der Waals surface area contributed by atoms with Crippen LogP contribution >= 0.6 is 23.2 Å². The SMILES string of the molecule is O=COC1(c2ccccc2)N=NC(Cl)=C1Cl. The van der Waals surface area contributed by atoms with Gasteiger partial charge in [-0.15, -0.1) is 10.2 Å². The van der Waals surface area contributed by atoms with Gasteiger partial charge in [-0.2, -0.15) is 0 Å². The molecule has 0 spiro atoms. The monoisotopic (exact) mass is 256 g/mol. The fourth-order valence-electron chi connectivity index (χ4n) is 1.40. The molecule has 0 radical (unpaired) electrons. The Hall–Kier alpha value is -1.39. The van der Waals surface area contributed by atoms with Crippen LogP contribution in [0.2, 0.25) is 0 Å². The van der Waals surface area contributed by atoms with E-state index in [1.807, 2.05) is 6.07 Å². The first-order valence-corrected chi connectivity index (χ1v) is 5.12. The summed E-state index contributed by atoms with van der Waals surface area (Å²) >= 11 is 11.7. The topological polar surface area (TPSA) is 51.0 Å². The van der Waals surface area contributed by atoms with E-state index < -0.39 is 5.72 Å². The van der Waals surface area contributed by atoms with Crippen molar-refractivity contribution in [3.8, 4) is 0 Å². The van der Waals surface area contributed by atoms with Gasteiger partial charge in [0.2, 0.25) is 0 Å². The third kappa shape index (κ3) is 1.60. The maximum absolute atomic E-state index is 10.5. The molecule has 0 aliphatic carbocycles. The van der Waals surface area contributed by atoms with Crippen molar-refractivity contribution in [3.63, 3.8) is 0 Å². The highest BCUT2D eigenvalue weighted by atomic mass is 35.5. The summed E-state index contributed by atoms with van der Waals surface area (Å²) in [4.78, 5) is 10.5. The van der Waals surface area contributed by atoms with Gasteiger partial charge in [0.25, 0.3) is 12.2 Å². The number of rotatable bonds is 3. The van der Waals surface area contributed by atoms with E-state index in [2.05, 4.69) is 10.2 Å². The van der Waals surface area contributed by atoms with E-state index in [4.69, 9.17) is 27.9 Å². The van der Waals surface area contributed by atoms with E-state index in [1.165, 1.54) is 0 Å². The summed E-state index contributed by atoms with van der Waals surface area (Å²) in [6, 6.07) is 8.82. The van der Waals surface area contributed by atoms with E-state index >= 15 is 0 Å². The van der Waals surface area contributed by atoms with Crippen LogP contribution in [0.25, 0.3) is 0 Å². The van der Waals surface area contributed by atoms with Crippen molar-refractivity contribution in [1.29, 1.82) is 0 Å². The zero-order valence-corrected chi connectivity index (χ0v) is 9.44. The average molecular weight is 257 g/mol. The maximum atomic E-state index is 10.5. The van der Waals surface area contributed by atoms with Crippen LogP contribution in [0.15, 0.2) is 50.7 Å². The van der Waals surface area contributed by atoms with E-state index in [-0.39, 0.29) is 16.7 Å². The third-order valence-corrected chi connectivity index (χ3v) is 2.94. The zero-order valence-electron chi connectivity index (χ0n) is 7.93. The fourth-order valence-corrected chi connectivity index (χ4v) is 1.80. The molecule has 0 N–H and O–H groups in total. The van der Waals surface area contributed by atoms with Gasteiger partial charge in [0, 0.05) is 5.56 Å². The quantitative estimate of drug-likeness (QED) is 0.617. The van der Waals surface area contributed by atoms with Crippen LogP contribution in [-0.4, -0.2) is 6.47 Å². The first kappa shape index (κ1) is 11.1. The summed E-state index contributed by atoms with van der Waals surface area (Å²) in [5.41, 5.74) is -0.840. The van der Waals surface area contributed by atoms with Crippen molar-refractivity contribution in [2.45, 2.75) is 5.72 Å². The number of carbonyl (C=O) groups is 1. The number of hydrogen-bond donors (Lipinski definition) is 0. The van der Waals surface area contributed by atoms with Crippen molar-refractivity contribution < 1.29 is 9.53 Å². The maximum Gasteiger partial charge on any atom is 0.295 e. The summed E-state index contributed by atoms with van der Waals surface area (Å²) in [7, 11) is 0. The Morgan fingerprint density at radius 3 is 2.44 bits per heavy atom. The molecule has 0 saturated carbocycles. The highest BCUT2D eigenvalue weighted by Crippen LogP contribution is 2.44. The molecule has 82 valence electrons. The summed E-state index contributed by atoms with van der Waals surface area (Å²) in [5.74, 6) is 0. The predicted molar refractivity (Wildman–Crippen MR) is 58.9 cm³/mol. The van der Waals surface area contributed by atoms with Crippen LogP contribution in [0.1, 0.15) is 5.56 Å². The van der Waals surface area contributed by atoms with Gasteiger partial charge in [-0.25, -0.2) is 0 Å². The second-order valence-corrected chi connectivity index (χ2v) is 3.76. The lowest BCUT2D eigenvalue weighted by Gasteiger charge is -2.22. The van der Waals surface area contributed by atoms with Crippen molar-refractivity contribution in [3.05, 3.63) is 46.1 Å². The lowest BCUT2D eigenvalue weighted by Crippen LogP contribution is -2.25. The van der Waals surface area contributed by atoms with E-state index in [9.17, 15) is 4.79 Å². The van der Waals surface area contributed by atoms with Crippen molar-refractivity contribution in [1.82, 2.24) is 0 Å². The third-order valence-electron chi connectivity index (χ3n) is 2.14. The van der Waals surface area contributed by atoms with Gasteiger partial charge < -0.3 is 4.74 Å². The van der Waals surface area contributed by atoms with Crippen molar-refractivity contribution in [2.75, 3.05) is 0 Å². The van der Waals surface area contributed by atoms with Crippen molar-refractivity contribution >= 4 is 29.7 Å². The molecule has 16 heavy (non-hydrogen) atoms. The predicted octanol–water partition coefficient (Wildman–Crippen LogP) is 3.12. The van der Waals surface area contributed by atoms with Crippen LogP contribution in [-0.2, 0) is 15.3 Å². The average Bonchev–Trinajstić information content (AvgIpc) is 2.60. The Morgan fingerprint density at radius 2 is 1.94 bits per heavy atom. The minimum atomic E-state index is -1.43. The number of nitrogens with zero attached hydrogens (tertiary/aromatic N) is 2. The van der Waals surface area contributed by atoms with Gasteiger partial charge >= 0.3 is 0 Å². The van der Waals surface area contributed by atoms with Gasteiger partial charge in [-0.05, 0) is 0 Å². The largest absolute Gasteiger partial charge is 0.428 e. The Bertz CT molecular complexity index is 473. The molecule has 1 heterocycles. The molecule has 1 aromatic carbocycles. The zero-order chi connectivity index (χ0) is 11.6. The highest BCUT2D eigenvalue weighted by molar-refractivity contribution is 6.40. The number of azo groups is 1. The van der Waals surface area contributed by atoms with Gasteiger partial charge in [0.05, 0.1) is 0 Å². The molecular weight excluding hydrogens is 251 g/mol. The lowest BCUT2D eigenvalue weighted by atomic mass is 10.0. The van der Waals surface area contributed by atoms with E-state index in [1.54, 1.807) is 24.3 Å². The second kappa shape index (κ2) is 4.23. The number of benzene rings is 1. The molecule has 1 aliphatic heterocycles. The van der Waals surface area contributed by atoms with Crippen LogP contribution in [0.5, 0.6) is 0 Å². The molecule has 1 aromatic rings. The Balaban J connectivity index is 2.55. The van der Waals surface area contributed by atoms with Crippen LogP contribution in [0.3, 0.4) is 0 Å². The lowest BCUT2D eigenvalue weighted by molar-refractivity contribution is -0.139. The minimum Gasteiger partial charge on any atom is -0.428 e. The molecule has 2 rings (SSSR count). The summed E-state index contributed by atoms with van der Waals surface area (Å²) in [5, 5.41) is 7.54. The molecule has 0 bridgehead atoms. The van der Waals surface area contributed by atoms with Crippen LogP contribution in [0.4, 0.5) is 0 Å². The van der Waals surface area contributed by atoms with Gasteiger partial charge in [-0.1, -0.05) is 53.5 Å². The number of carbonyl (C=O) groups excluding carboxylic acids is 1. The Kier molecular flexibility index (Phi) is 2.94. The summed E-state index contributed by atoms with van der Waals surface area (Å²) < 4.78 is 4.94. The van der Waals surface area contributed by atoms with Crippen LogP contribution in [0, 0.1) is 0 Å². The molecule has 1 aliphatic rings. The molecule has 0 amide bonds. The van der Waals surface area contributed by atoms with Crippen LogP contribution < -0.4 is 0 Å².